The molecule has 0 aliphatic rings. The molecule has 7 nitrogen and oxygen atoms in total. The van der Waals surface area contributed by atoms with Crippen LogP contribution in [-0.2, 0) is 13.6 Å². The molecule has 0 radical (unpaired) electrons. The normalized spacial score (nSPS) is 10.4. The summed E-state index contributed by atoms with van der Waals surface area (Å²) in [6.07, 6.45) is 5.32. The Hall–Kier alpha value is -2.15. The van der Waals surface area contributed by atoms with Gasteiger partial charge in [-0.15, -0.1) is 0 Å². The zero-order valence-corrected chi connectivity index (χ0v) is 10.8. The minimum Gasteiger partial charge on any atom is -0.355 e. The quantitative estimate of drug-likeness (QED) is 0.602. The molecule has 0 bridgehead atoms. The highest BCUT2D eigenvalue weighted by Crippen LogP contribution is 2.21. The van der Waals surface area contributed by atoms with E-state index in [2.05, 4.69) is 20.5 Å². The molecule has 2 aromatic heterocycles. The summed E-state index contributed by atoms with van der Waals surface area (Å²) in [5.41, 5.74) is 4.61. The van der Waals surface area contributed by atoms with Crippen LogP contribution in [0, 0.1) is 6.92 Å². The molecule has 96 valence electrons. The maximum absolute atomic E-state index is 5.40. The molecule has 2 rings (SSSR count). The lowest BCUT2D eigenvalue weighted by Gasteiger charge is -2.20. The average molecular weight is 247 g/mol. The number of nitrogens with one attached hydrogen (secondary N) is 1. The molecule has 2 aromatic rings. The summed E-state index contributed by atoms with van der Waals surface area (Å²) in [5, 5.41) is 4.14. The Kier molecular flexibility index (Phi) is 3.42. The number of hydrogen-bond acceptors (Lipinski definition) is 6. The van der Waals surface area contributed by atoms with E-state index in [1.807, 2.05) is 38.3 Å². The van der Waals surface area contributed by atoms with Crippen LogP contribution in [0.25, 0.3) is 0 Å². The van der Waals surface area contributed by atoms with Gasteiger partial charge in [0, 0.05) is 38.0 Å². The molecule has 7 heteroatoms. The Morgan fingerprint density at radius 2 is 2.22 bits per heavy atom. The molecule has 3 N–H and O–H groups in total. The van der Waals surface area contributed by atoms with Gasteiger partial charge in [0.05, 0.1) is 6.20 Å². The first-order valence-electron chi connectivity index (χ1n) is 5.58. The van der Waals surface area contributed by atoms with Gasteiger partial charge in [-0.1, -0.05) is 0 Å². The van der Waals surface area contributed by atoms with Crippen molar-refractivity contribution in [3.05, 3.63) is 29.8 Å². The molecule has 0 saturated heterocycles. The predicted octanol–water partition coefficient (Wildman–Crippen LogP) is 0.441. The number of nitrogens with two attached hydrogens (primary N) is 1. The lowest BCUT2D eigenvalue weighted by Crippen LogP contribution is -2.20. The Morgan fingerprint density at radius 1 is 1.44 bits per heavy atom. The number of aryl methyl sites for hydroxylation is 1. The third-order valence-corrected chi connectivity index (χ3v) is 2.73. The van der Waals surface area contributed by atoms with Crippen molar-refractivity contribution in [2.24, 2.45) is 12.9 Å². The van der Waals surface area contributed by atoms with Crippen molar-refractivity contribution >= 4 is 11.6 Å². The van der Waals surface area contributed by atoms with E-state index in [1.54, 1.807) is 4.68 Å². The van der Waals surface area contributed by atoms with Gasteiger partial charge in [-0.05, 0) is 6.92 Å². The largest absolute Gasteiger partial charge is 0.355 e. The van der Waals surface area contributed by atoms with Crippen LogP contribution in [0.5, 0.6) is 0 Å². The van der Waals surface area contributed by atoms with E-state index >= 15 is 0 Å². The summed E-state index contributed by atoms with van der Waals surface area (Å²) in [6.45, 7) is 2.67. The fourth-order valence-electron chi connectivity index (χ4n) is 1.87. The van der Waals surface area contributed by atoms with E-state index in [1.165, 1.54) is 6.33 Å². The van der Waals surface area contributed by atoms with E-state index in [9.17, 15) is 0 Å². The zero-order valence-electron chi connectivity index (χ0n) is 10.8. The van der Waals surface area contributed by atoms with Crippen LogP contribution in [0.4, 0.5) is 11.6 Å². The summed E-state index contributed by atoms with van der Waals surface area (Å²) in [6, 6.07) is 0. The van der Waals surface area contributed by atoms with Crippen molar-refractivity contribution in [3.8, 4) is 0 Å². The van der Waals surface area contributed by atoms with Crippen molar-refractivity contribution in [2.75, 3.05) is 17.4 Å². The molecule has 0 aromatic carbocycles. The summed E-state index contributed by atoms with van der Waals surface area (Å²) in [5.74, 6) is 6.89. The van der Waals surface area contributed by atoms with E-state index in [-0.39, 0.29) is 0 Å². The molecule has 0 aliphatic heterocycles. The van der Waals surface area contributed by atoms with Crippen molar-refractivity contribution in [3.63, 3.8) is 0 Å². The summed E-state index contributed by atoms with van der Waals surface area (Å²) in [4.78, 5) is 10.4. The number of hydrogen-bond donors (Lipinski definition) is 2. The Balaban J connectivity index is 2.21. The third kappa shape index (κ3) is 2.40. The van der Waals surface area contributed by atoms with Crippen LogP contribution < -0.4 is 16.2 Å². The second-order valence-electron chi connectivity index (χ2n) is 4.19. The molecular weight excluding hydrogens is 230 g/mol. The highest BCUT2D eigenvalue weighted by atomic mass is 15.3. The summed E-state index contributed by atoms with van der Waals surface area (Å²) in [7, 11) is 3.87. The summed E-state index contributed by atoms with van der Waals surface area (Å²) < 4.78 is 1.78. The smallest absolute Gasteiger partial charge is 0.148 e. The van der Waals surface area contributed by atoms with Crippen LogP contribution in [0.15, 0.2) is 18.7 Å². The first-order chi connectivity index (χ1) is 8.61. The fourth-order valence-corrected chi connectivity index (χ4v) is 1.87. The molecule has 18 heavy (non-hydrogen) atoms. The molecule has 0 spiro atoms. The Labute approximate surface area is 106 Å². The van der Waals surface area contributed by atoms with Crippen LogP contribution in [-0.4, -0.2) is 26.8 Å². The van der Waals surface area contributed by atoms with E-state index in [0.29, 0.717) is 5.82 Å². The predicted molar refractivity (Wildman–Crippen MR) is 69.9 cm³/mol. The second-order valence-corrected chi connectivity index (χ2v) is 4.19. The maximum atomic E-state index is 5.40. The second kappa shape index (κ2) is 5.01. The first kappa shape index (κ1) is 12.3. The van der Waals surface area contributed by atoms with Gasteiger partial charge in [0.25, 0.3) is 0 Å². The third-order valence-electron chi connectivity index (χ3n) is 2.73. The van der Waals surface area contributed by atoms with Gasteiger partial charge in [-0.3, -0.25) is 4.68 Å². The van der Waals surface area contributed by atoms with Crippen LogP contribution in [0.2, 0.25) is 0 Å². The van der Waals surface area contributed by atoms with E-state index < -0.39 is 0 Å². The molecule has 2 heterocycles. The van der Waals surface area contributed by atoms with E-state index in [4.69, 9.17) is 5.84 Å². The van der Waals surface area contributed by atoms with Gasteiger partial charge in [0.2, 0.25) is 0 Å². The van der Waals surface area contributed by atoms with Crippen molar-refractivity contribution in [1.82, 2.24) is 19.7 Å². The minimum absolute atomic E-state index is 0.637. The maximum Gasteiger partial charge on any atom is 0.148 e. The van der Waals surface area contributed by atoms with Gasteiger partial charge in [0.1, 0.15) is 18.0 Å². The van der Waals surface area contributed by atoms with Crippen molar-refractivity contribution < 1.29 is 0 Å². The number of nitrogens with zero attached hydrogens (tertiary/aromatic N) is 5. The molecular formula is C11H17N7. The van der Waals surface area contributed by atoms with Crippen LogP contribution in [0.3, 0.4) is 0 Å². The van der Waals surface area contributed by atoms with Crippen molar-refractivity contribution in [2.45, 2.75) is 13.5 Å². The highest BCUT2D eigenvalue weighted by molar-refractivity contribution is 5.57. The molecule has 0 unspecified atom stereocenters. The lowest BCUT2D eigenvalue weighted by atomic mass is 10.2. The van der Waals surface area contributed by atoms with Gasteiger partial charge in [-0.2, -0.15) is 5.10 Å². The van der Waals surface area contributed by atoms with E-state index in [0.717, 1.165) is 23.5 Å². The SMILES string of the molecule is Cc1c(NN)ncnc1N(C)Cc1cnn(C)c1. The summed E-state index contributed by atoms with van der Waals surface area (Å²) >= 11 is 0. The Bertz CT molecular complexity index is 534. The lowest BCUT2D eigenvalue weighted by molar-refractivity contribution is 0.766. The molecule has 0 saturated carbocycles. The number of hydrazine groups is 1. The first-order valence-corrected chi connectivity index (χ1v) is 5.58. The number of anilines is 2. The molecule has 0 atom stereocenters. The van der Waals surface area contributed by atoms with Gasteiger partial charge in [0.15, 0.2) is 0 Å². The number of aromatic nitrogens is 4. The topological polar surface area (TPSA) is 84.9 Å². The fraction of sp³-hybridized carbons (Fsp3) is 0.364. The van der Waals surface area contributed by atoms with Crippen LogP contribution >= 0.6 is 0 Å². The van der Waals surface area contributed by atoms with Crippen LogP contribution in [0.1, 0.15) is 11.1 Å². The zero-order chi connectivity index (χ0) is 13.1. The van der Waals surface area contributed by atoms with Crippen molar-refractivity contribution in [1.29, 1.82) is 0 Å². The van der Waals surface area contributed by atoms with Gasteiger partial charge >= 0.3 is 0 Å². The number of nitrogen functional groups attached to an aromatic ring is 1. The monoisotopic (exact) mass is 247 g/mol. The van der Waals surface area contributed by atoms with Gasteiger partial charge < -0.3 is 10.3 Å². The molecule has 0 fully saturated rings. The van der Waals surface area contributed by atoms with Gasteiger partial charge in [-0.25, -0.2) is 15.8 Å². The minimum atomic E-state index is 0.637. The molecule has 0 aliphatic carbocycles. The highest BCUT2D eigenvalue weighted by Gasteiger charge is 2.11. The number of rotatable bonds is 4. The Morgan fingerprint density at radius 3 is 2.83 bits per heavy atom. The standard InChI is InChI=1S/C11H17N7/c1-8-10(16-12)13-7-14-11(8)17(2)5-9-4-15-18(3)6-9/h4,6-7H,5,12H2,1-3H3,(H,13,14,16). The molecule has 0 amide bonds. The average Bonchev–Trinajstić information content (AvgIpc) is 2.75.